The molecule has 6 nitrogen and oxygen atoms in total. The number of nitrogens with zero attached hydrogens (tertiary/aromatic N) is 2. The lowest BCUT2D eigenvalue weighted by Gasteiger charge is -2.31. The summed E-state index contributed by atoms with van der Waals surface area (Å²) in [5, 5.41) is 13.6. The summed E-state index contributed by atoms with van der Waals surface area (Å²) in [7, 11) is -1.90. The molecule has 0 unspecified atom stereocenters. The number of aliphatic hydroxyl groups is 1. The summed E-state index contributed by atoms with van der Waals surface area (Å²) in [5.41, 5.74) is 2.66. The molecule has 166 valence electrons. The molecule has 1 atom stereocenters. The van der Waals surface area contributed by atoms with Gasteiger partial charge < -0.3 is 14.4 Å². The normalized spacial score (nSPS) is 19.7. The van der Waals surface area contributed by atoms with Crippen LogP contribution in [0, 0.1) is 0 Å². The van der Waals surface area contributed by atoms with Gasteiger partial charge in [-0.1, -0.05) is 52.1 Å². The topological polar surface area (TPSA) is 81.4 Å². The van der Waals surface area contributed by atoms with Gasteiger partial charge in [-0.2, -0.15) is 0 Å². The Labute approximate surface area is 187 Å². The molecule has 0 radical (unpaired) electrons. The summed E-state index contributed by atoms with van der Waals surface area (Å²) in [5.74, 6) is -0.699. The first-order chi connectivity index (χ1) is 15.1. The van der Waals surface area contributed by atoms with Crippen molar-refractivity contribution < 1.29 is 14.6 Å². The molecular weight excluding hydrogens is 420 g/mol. The van der Waals surface area contributed by atoms with Gasteiger partial charge in [-0.05, 0) is 40.2 Å². The zero-order valence-corrected chi connectivity index (χ0v) is 20.2. The summed E-state index contributed by atoms with van der Waals surface area (Å²) in [6.45, 7) is 11.3. The molecule has 0 fully saturated rings. The number of esters is 1. The fourth-order valence-corrected chi connectivity index (χ4v) is 7.51. The molecule has 0 bridgehead atoms. The predicted octanol–water partition coefficient (Wildman–Crippen LogP) is 3.41. The van der Waals surface area contributed by atoms with Crippen molar-refractivity contribution in [2.45, 2.75) is 64.6 Å². The molecule has 2 aliphatic rings. The fraction of sp³-hybridized carbons (Fsp3) is 0.400. The van der Waals surface area contributed by atoms with Crippen molar-refractivity contribution in [2.24, 2.45) is 0 Å². The van der Waals surface area contributed by atoms with Crippen LogP contribution in [0.2, 0.25) is 18.6 Å². The first-order valence-corrected chi connectivity index (χ1v) is 14.3. The van der Waals surface area contributed by atoms with Crippen molar-refractivity contribution in [3.05, 3.63) is 57.4 Å². The minimum atomic E-state index is -1.90. The van der Waals surface area contributed by atoms with Crippen LogP contribution in [-0.4, -0.2) is 28.7 Å². The van der Waals surface area contributed by atoms with Crippen LogP contribution in [0.15, 0.2) is 35.1 Å². The molecule has 4 heterocycles. The number of hydrogen-bond acceptors (Lipinski definition) is 5. The molecule has 2 aliphatic heterocycles. The summed E-state index contributed by atoms with van der Waals surface area (Å²) >= 11 is 0. The highest BCUT2D eigenvalue weighted by Crippen LogP contribution is 2.39. The lowest BCUT2D eigenvalue weighted by molar-refractivity contribution is -0.172. The second-order valence-electron chi connectivity index (χ2n) is 9.81. The molecule has 1 N–H and O–H groups in total. The van der Waals surface area contributed by atoms with Gasteiger partial charge in [-0.15, -0.1) is 0 Å². The van der Waals surface area contributed by atoms with Crippen molar-refractivity contribution >= 4 is 30.1 Å². The molecule has 5 rings (SSSR count). The Bertz CT molecular complexity index is 1360. The number of para-hydroxylation sites is 1. The molecule has 0 amide bonds. The zero-order chi connectivity index (χ0) is 23.0. The average Bonchev–Trinajstić information content (AvgIpc) is 3.13. The molecule has 3 aromatic rings. The van der Waals surface area contributed by atoms with E-state index in [1.807, 2.05) is 18.2 Å². The molecule has 0 saturated carbocycles. The Balaban J connectivity index is 1.86. The maximum atomic E-state index is 13.5. The smallest absolute Gasteiger partial charge is 0.343 e. The predicted molar refractivity (Wildman–Crippen MR) is 127 cm³/mol. The van der Waals surface area contributed by atoms with Crippen LogP contribution in [0.5, 0.6) is 0 Å². The van der Waals surface area contributed by atoms with Gasteiger partial charge in [0, 0.05) is 5.56 Å². The number of carbonyl (C=O) groups is 1. The first kappa shape index (κ1) is 21.1. The van der Waals surface area contributed by atoms with Gasteiger partial charge >= 0.3 is 5.97 Å². The van der Waals surface area contributed by atoms with Gasteiger partial charge in [-0.25, -0.2) is 9.78 Å². The van der Waals surface area contributed by atoms with Crippen LogP contribution in [0.25, 0.3) is 22.3 Å². The van der Waals surface area contributed by atoms with E-state index in [-0.39, 0.29) is 18.6 Å². The maximum absolute atomic E-state index is 13.5. The van der Waals surface area contributed by atoms with Crippen molar-refractivity contribution in [1.29, 1.82) is 0 Å². The Morgan fingerprint density at radius 1 is 1.22 bits per heavy atom. The van der Waals surface area contributed by atoms with Crippen LogP contribution >= 0.6 is 0 Å². The van der Waals surface area contributed by atoms with E-state index in [4.69, 9.17) is 9.72 Å². The van der Waals surface area contributed by atoms with Crippen LogP contribution in [0.3, 0.4) is 0 Å². The van der Waals surface area contributed by atoms with Gasteiger partial charge in [0.15, 0.2) is 5.60 Å². The van der Waals surface area contributed by atoms with Crippen molar-refractivity contribution in [3.8, 4) is 11.4 Å². The molecule has 0 spiro atoms. The van der Waals surface area contributed by atoms with E-state index in [1.54, 1.807) is 17.6 Å². The number of aromatic nitrogens is 2. The monoisotopic (exact) mass is 448 g/mol. The third-order valence-electron chi connectivity index (χ3n) is 7.68. The van der Waals surface area contributed by atoms with Crippen LogP contribution in [0.4, 0.5) is 0 Å². The van der Waals surface area contributed by atoms with E-state index in [9.17, 15) is 14.7 Å². The van der Waals surface area contributed by atoms with Crippen molar-refractivity contribution in [2.75, 3.05) is 0 Å². The number of rotatable bonds is 3. The van der Waals surface area contributed by atoms with Gasteiger partial charge in [0.25, 0.3) is 5.56 Å². The van der Waals surface area contributed by atoms with Crippen LogP contribution in [-0.2, 0) is 28.3 Å². The quantitative estimate of drug-likeness (QED) is 0.384. The van der Waals surface area contributed by atoms with Gasteiger partial charge in [0.2, 0.25) is 0 Å². The van der Waals surface area contributed by atoms with E-state index in [1.165, 1.54) is 5.19 Å². The number of hydrogen-bond donors (Lipinski definition) is 1. The molecular formula is C25H28N2O4Si. The Kier molecular flexibility index (Phi) is 4.52. The van der Waals surface area contributed by atoms with E-state index in [0.717, 1.165) is 22.2 Å². The third-order valence-corrected chi connectivity index (χ3v) is 12.4. The summed E-state index contributed by atoms with van der Waals surface area (Å²) < 4.78 is 6.93. The second kappa shape index (κ2) is 6.86. The van der Waals surface area contributed by atoms with Crippen LogP contribution < -0.4 is 10.7 Å². The lowest BCUT2D eigenvalue weighted by atomic mass is 9.86. The summed E-state index contributed by atoms with van der Waals surface area (Å²) in [6.07, 6.45) is 0.137. The SMILES string of the molecule is CC[C@@]1(O)C(=O)OCc2c1cc1n(c2=O)Cc2c-1nc1ccccc1c2[Si](C)(C)C(C)C. The zero-order valence-electron chi connectivity index (χ0n) is 19.2. The number of ether oxygens (including phenoxy) is 1. The average molecular weight is 449 g/mol. The molecule has 32 heavy (non-hydrogen) atoms. The van der Waals surface area contributed by atoms with E-state index in [2.05, 4.69) is 33.0 Å². The van der Waals surface area contributed by atoms with Gasteiger partial charge in [0.1, 0.15) is 6.61 Å². The van der Waals surface area contributed by atoms with E-state index in [0.29, 0.717) is 28.9 Å². The Morgan fingerprint density at radius 3 is 2.62 bits per heavy atom. The molecule has 0 saturated heterocycles. The summed E-state index contributed by atoms with van der Waals surface area (Å²) in [4.78, 5) is 30.9. The first-order valence-electron chi connectivity index (χ1n) is 11.2. The van der Waals surface area contributed by atoms with Gasteiger partial charge in [0.05, 0.1) is 37.1 Å². The second-order valence-corrected chi connectivity index (χ2v) is 14.9. The summed E-state index contributed by atoms with van der Waals surface area (Å²) in [6, 6.07) is 9.97. The minimum Gasteiger partial charge on any atom is -0.458 e. The molecule has 7 heteroatoms. The largest absolute Gasteiger partial charge is 0.458 e. The number of cyclic esters (lactones) is 1. The van der Waals surface area contributed by atoms with E-state index < -0.39 is 19.6 Å². The van der Waals surface area contributed by atoms with Crippen LogP contribution in [0.1, 0.15) is 43.9 Å². The fourth-order valence-electron chi connectivity index (χ4n) is 5.05. The highest BCUT2D eigenvalue weighted by molar-refractivity contribution is 6.92. The molecule has 1 aromatic carbocycles. The van der Waals surface area contributed by atoms with E-state index >= 15 is 0 Å². The standard InChI is InChI=1S/C25H28N2O4Si/c1-6-25(30)18-11-20-21-16(12-27(20)23(28)17(18)13-31-24(25)29)22(32(4,5)14(2)3)15-9-7-8-10-19(15)26-21/h7-11,14,30H,6,12-13H2,1-5H3/t25-/m0/s1. The minimum absolute atomic E-state index is 0.111. The third kappa shape index (κ3) is 2.64. The lowest BCUT2D eigenvalue weighted by Crippen LogP contribution is -2.47. The number of benzene rings is 1. The molecule has 2 aromatic heterocycles. The molecule has 0 aliphatic carbocycles. The number of fused-ring (bicyclic) bond motifs is 5. The van der Waals surface area contributed by atoms with Gasteiger partial charge in [-0.3, -0.25) is 4.79 Å². The highest BCUT2D eigenvalue weighted by atomic mass is 28.3. The Hall–Kier alpha value is -2.77. The van der Waals surface area contributed by atoms with Crippen molar-refractivity contribution in [1.82, 2.24) is 9.55 Å². The highest BCUT2D eigenvalue weighted by Gasteiger charge is 2.46. The Morgan fingerprint density at radius 2 is 1.94 bits per heavy atom. The number of pyridine rings is 2. The maximum Gasteiger partial charge on any atom is 0.343 e. The number of carbonyl (C=O) groups excluding carboxylic acids is 1. The van der Waals surface area contributed by atoms with Crippen molar-refractivity contribution in [3.63, 3.8) is 0 Å².